The van der Waals surface area contributed by atoms with Crippen LogP contribution in [0.1, 0.15) is 35.2 Å². The van der Waals surface area contributed by atoms with Crippen LogP contribution in [-0.4, -0.2) is 17.9 Å². The minimum atomic E-state index is -0.382. The standard InChI is InChI=1S/C20H22FN3O2.ClH/c21-16-6-3-14(4-7-16)20(26)24-18-9-1-13(2-10-18)12-23-19(25)15-5-8-17(22)11-15;/h1-4,6-7,9-10,15,17H,5,8,11-12,22H2,(H,23,25)(H,24,26);1H. The van der Waals surface area contributed by atoms with Gasteiger partial charge >= 0.3 is 0 Å². The van der Waals surface area contributed by atoms with E-state index in [2.05, 4.69) is 10.6 Å². The average Bonchev–Trinajstić information content (AvgIpc) is 3.08. The van der Waals surface area contributed by atoms with E-state index >= 15 is 0 Å². The molecule has 1 aliphatic rings. The maximum absolute atomic E-state index is 12.9. The topological polar surface area (TPSA) is 84.2 Å². The number of nitrogens with one attached hydrogen (secondary N) is 2. The number of halogens is 2. The molecule has 0 radical (unpaired) electrons. The second-order valence-corrected chi connectivity index (χ2v) is 6.65. The third-order valence-electron chi connectivity index (χ3n) is 4.63. The van der Waals surface area contributed by atoms with Crippen molar-refractivity contribution in [3.05, 3.63) is 65.5 Å². The molecule has 0 aliphatic heterocycles. The van der Waals surface area contributed by atoms with Crippen LogP contribution in [-0.2, 0) is 11.3 Å². The van der Waals surface area contributed by atoms with Crippen LogP contribution in [0.3, 0.4) is 0 Å². The number of rotatable bonds is 5. The normalized spacial score (nSPS) is 18.4. The molecule has 4 N–H and O–H groups in total. The fourth-order valence-electron chi connectivity index (χ4n) is 3.10. The van der Waals surface area contributed by atoms with Gasteiger partial charge in [-0.2, -0.15) is 0 Å². The van der Waals surface area contributed by atoms with Crippen molar-refractivity contribution in [3.63, 3.8) is 0 Å². The molecule has 0 spiro atoms. The van der Waals surface area contributed by atoms with Gasteiger partial charge in [-0.1, -0.05) is 12.1 Å². The van der Waals surface area contributed by atoms with Crippen LogP contribution in [0.2, 0.25) is 0 Å². The van der Waals surface area contributed by atoms with Gasteiger partial charge in [0.25, 0.3) is 5.91 Å². The van der Waals surface area contributed by atoms with Gasteiger partial charge in [0.05, 0.1) is 0 Å². The molecule has 2 aromatic rings. The van der Waals surface area contributed by atoms with Crippen LogP contribution in [0.25, 0.3) is 0 Å². The maximum Gasteiger partial charge on any atom is 0.255 e. The Morgan fingerprint density at radius 1 is 1.04 bits per heavy atom. The summed E-state index contributed by atoms with van der Waals surface area (Å²) in [6.45, 7) is 0.441. The lowest BCUT2D eigenvalue weighted by molar-refractivity contribution is -0.125. The molecule has 1 aliphatic carbocycles. The van der Waals surface area contributed by atoms with E-state index in [-0.39, 0.29) is 42.0 Å². The zero-order chi connectivity index (χ0) is 18.5. The Balaban J connectivity index is 0.00000261. The first-order valence-electron chi connectivity index (χ1n) is 8.70. The number of benzene rings is 2. The number of amides is 2. The van der Waals surface area contributed by atoms with Crippen molar-refractivity contribution >= 4 is 29.9 Å². The summed E-state index contributed by atoms with van der Waals surface area (Å²) in [5.41, 5.74) is 7.81. The van der Waals surface area contributed by atoms with E-state index in [1.54, 1.807) is 12.1 Å². The minimum Gasteiger partial charge on any atom is -0.352 e. The summed E-state index contributed by atoms with van der Waals surface area (Å²) >= 11 is 0. The van der Waals surface area contributed by atoms with Crippen molar-refractivity contribution < 1.29 is 14.0 Å². The Hall–Kier alpha value is -2.44. The fourth-order valence-corrected chi connectivity index (χ4v) is 3.10. The first-order valence-corrected chi connectivity index (χ1v) is 8.70. The third-order valence-corrected chi connectivity index (χ3v) is 4.63. The molecule has 2 amide bonds. The van der Waals surface area contributed by atoms with Crippen LogP contribution in [0.5, 0.6) is 0 Å². The van der Waals surface area contributed by atoms with Crippen molar-refractivity contribution in [2.45, 2.75) is 31.8 Å². The molecule has 1 fully saturated rings. The Morgan fingerprint density at radius 3 is 2.30 bits per heavy atom. The Kier molecular flexibility index (Phi) is 7.33. The van der Waals surface area contributed by atoms with Gasteiger partial charge in [0.15, 0.2) is 0 Å². The van der Waals surface area contributed by atoms with E-state index < -0.39 is 0 Å². The maximum atomic E-state index is 12.9. The molecule has 0 aromatic heterocycles. The van der Waals surface area contributed by atoms with Gasteiger partial charge in [0, 0.05) is 29.8 Å². The number of hydrogen-bond acceptors (Lipinski definition) is 3. The summed E-state index contributed by atoms with van der Waals surface area (Å²) in [6.07, 6.45) is 2.50. The highest BCUT2D eigenvalue weighted by Gasteiger charge is 2.27. The zero-order valence-corrected chi connectivity index (χ0v) is 15.6. The van der Waals surface area contributed by atoms with Crippen LogP contribution in [0.15, 0.2) is 48.5 Å². The van der Waals surface area contributed by atoms with Crippen LogP contribution in [0, 0.1) is 11.7 Å². The highest BCUT2D eigenvalue weighted by Crippen LogP contribution is 2.24. The molecule has 2 aromatic carbocycles. The molecule has 2 atom stereocenters. The van der Waals surface area contributed by atoms with Crippen LogP contribution in [0.4, 0.5) is 10.1 Å². The van der Waals surface area contributed by atoms with Crippen molar-refractivity contribution in [2.75, 3.05) is 5.32 Å². The van der Waals surface area contributed by atoms with Gasteiger partial charge in [-0.3, -0.25) is 9.59 Å². The number of anilines is 1. The molecule has 5 nitrogen and oxygen atoms in total. The molecule has 0 saturated heterocycles. The van der Waals surface area contributed by atoms with Crippen molar-refractivity contribution in [3.8, 4) is 0 Å². The quantitative estimate of drug-likeness (QED) is 0.731. The van der Waals surface area contributed by atoms with Crippen LogP contribution >= 0.6 is 12.4 Å². The number of hydrogen-bond donors (Lipinski definition) is 3. The zero-order valence-electron chi connectivity index (χ0n) is 14.8. The van der Waals surface area contributed by atoms with Crippen molar-refractivity contribution in [1.82, 2.24) is 5.32 Å². The van der Waals surface area contributed by atoms with E-state index in [0.717, 1.165) is 24.8 Å². The molecule has 7 heteroatoms. The van der Waals surface area contributed by atoms with Gasteiger partial charge in [0.2, 0.25) is 5.91 Å². The Labute approximate surface area is 163 Å². The average molecular weight is 392 g/mol. The summed E-state index contributed by atoms with van der Waals surface area (Å²) in [5, 5.41) is 5.69. The molecule has 1 saturated carbocycles. The predicted molar refractivity (Wildman–Crippen MR) is 105 cm³/mol. The van der Waals surface area contributed by atoms with Crippen molar-refractivity contribution in [2.24, 2.45) is 11.7 Å². The van der Waals surface area contributed by atoms with E-state index in [1.807, 2.05) is 12.1 Å². The van der Waals surface area contributed by atoms with Gasteiger partial charge in [-0.25, -0.2) is 4.39 Å². The van der Waals surface area contributed by atoms with E-state index in [1.165, 1.54) is 24.3 Å². The number of carbonyl (C=O) groups excluding carboxylic acids is 2. The number of nitrogens with two attached hydrogens (primary N) is 1. The lowest BCUT2D eigenvalue weighted by Crippen LogP contribution is -2.29. The molecule has 144 valence electrons. The van der Waals surface area contributed by atoms with Gasteiger partial charge < -0.3 is 16.4 Å². The predicted octanol–water partition coefficient (Wildman–Crippen LogP) is 3.24. The lowest BCUT2D eigenvalue weighted by Gasteiger charge is -2.11. The van der Waals surface area contributed by atoms with Crippen molar-refractivity contribution in [1.29, 1.82) is 0 Å². The molecule has 0 heterocycles. The SMILES string of the molecule is Cl.NC1CCC(C(=O)NCc2ccc(NC(=O)c3ccc(F)cc3)cc2)C1. The van der Waals surface area contributed by atoms with E-state index in [0.29, 0.717) is 17.8 Å². The van der Waals surface area contributed by atoms with Gasteiger partial charge in [-0.05, 0) is 61.2 Å². The summed E-state index contributed by atoms with van der Waals surface area (Å²) < 4.78 is 12.9. The highest BCUT2D eigenvalue weighted by molar-refractivity contribution is 6.04. The monoisotopic (exact) mass is 391 g/mol. The van der Waals surface area contributed by atoms with Gasteiger partial charge in [0.1, 0.15) is 5.82 Å². The second kappa shape index (κ2) is 9.48. The first kappa shape index (κ1) is 20.9. The molecule has 0 bridgehead atoms. The highest BCUT2D eigenvalue weighted by atomic mass is 35.5. The fraction of sp³-hybridized carbons (Fsp3) is 0.300. The Morgan fingerprint density at radius 2 is 1.70 bits per heavy atom. The summed E-state index contributed by atoms with van der Waals surface area (Å²) in [6, 6.07) is 12.7. The second-order valence-electron chi connectivity index (χ2n) is 6.65. The molecule has 27 heavy (non-hydrogen) atoms. The van der Waals surface area contributed by atoms with Gasteiger partial charge in [-0.15, -0.1) is 12.4 Å². The molecular formula is C20H23ClFN3O2. The van der Waals surface area contributed by atoms with Crippen LogP contribution < -0.4 is 16.4 Å². The minimum absolute atomic E-state index is 0. The van der Waals surface area contributed by atoms with E-state index in [9.17, 15) is 14.0 Å². The molecular weight excluding hydrogens is 369 g/mol. The summed E-state index contributed by atoms with van der Waals surface area (Å²) in [5.74, 6) is -0.623. The largest absolute Gasteiger partial charge is 0.352 e. The van der Waals surface area contributed by atoms with E-state index in [4.69, 9.17) is 5.73 Å². The summed E-state index contributed by atoms with van der Waals surface area (Å²) in [7, 11) is 0. The third kappa shape index (κ3) is 5.77. The molecule has 3 rings (SSSR count). The smallest absolute Gasteiger partial charge is 0.255 e. The Bertz CT molecular complexity index is 781. The first-order chi connectivity index (χ1) is 12.5. The lowest BCUT2D eigenvalue weighted by atomic mass is 10.1. The number of carbonyl (C=O) groups is 2. The summed E-state index contributed by atoms with van der Waals surface area (Å²) in [4.78, 5) is 24.2. The molecule has 2 unspecified atom stereocenters.